The molecule has 0 saturated heterocycles. The lowest BCUT2D eigenvalue weighted by Crippen LogP contribution is -2.40. The number of para-hydroxylation sites is 1. The van der Waals surface area contributed by atoms with E-state index in [0.29, 0.717) is 39.1 Å². The van der Waals surface area contributed by atoms with Gasteiger partial charge in [-0.2, -0.15) is 0 Å². The fourth-order valence-electron chi connectivity index (χ4n) is 5.28. The average molecular weight is 658 g/mol. The number of carbonyl (C=O) groups excluding carboxylic acids is 2. The summed E-state index contributed by atoms with van der Waals surface area (Å²) in [6.45, 7) is 7.49. The molecule has 0 bridgehead atoms. The van der Waals surface area contributed by atoms with Crippen molar-refractivity contribution in [3.8, 4) is 33.9 Å². The summed E-state index contributed by atoms with van der Waals surface area (Å²) in [6.07, 6.45) is 1.12. The normalized spacial score (nSPS) is 11.7. The number of rotatable bonds is 9. The van der Waals surface area contributed by atoms with Gasteiger partial charge in [0.05, 0.1) is 17.5 Å². The van der Waals surface area contributed by atoms with Crippen LogP contribution in [0.3, 0.4) is 0 Å². The zero-order valence-electron chi connectivity index (χ0n) is 27.0. The van der Waals surface area contributed by atoms with Crippen molar-refractivity contribution in [1.29, 1.82) is 0 Å². The molecule has 0 aliphatic carbocycles. The van der Waals surface area contributed by atoms with Gasteiger partial charge in [-0.05, 0) is 87.9 Å². The molecular weight excluding hydrogens is 621 g/mol. The number of carbonyl (C=O) groups is 2. The zero-order chi connectivity index (χ0) is 34.1. The summed E-state index contributed by atoms with van der Waals surface area (Å²) in [7, 11) is -2.23. The predicted molar refractivity (Wildman–Crippen MR) is 182 cm³/mol. The van der Waals surface area contributed by atoms with Crippen LogP contribution in [0.4, 0.5) is 10.1 Å². The first-order valence-corrected chi connectivity index (χ1v) is 16.8. The molecule has 2 N–H and O–H groups in total. The van der Waals surface area contributed by atoms with Crippen LogP contribution < -0.4 is 19.7 Å². The maximum atomic E-state index is 14.1. The van der Waals surface area contributed by atoms with E-state index in [1.807, 2.05) is 20.8 Å². The first kappa shape index (κ1) is 33.2. The lowest BCUT2D eigenvalue weighted by atomic mass is 9.97. The second-order valence-electron chi connectivity index (χ2n) is 12.0. The van der Waals surface area contributed by atoms with E-state index in [9.17, 15) is 22.4 Å². The monoisotopic (exact) mass is 657 g/mol. The second kappa shape index (κ2) is 12.9. The Morgan fingerprint density at radius 1 is 0.915 bits per heavy atom. The summed E-state index contributed by atoms with van der Waals surface area (Å²) in [4.78, 5) is 26.5. The maximum Gasteiger partial charge on any atom is 0.255 e. The number of nitrogens with zero attached hydrogens (tertiary/aromatic N) is 1. The smallest absolute Gasteiger partial charge is 0.255 e. The fourth-order valence-corrected chi connectivity index (χ4v) is 6.25. The van der Waals surface area contributed by atoms with Gasteiger partial charge in [0.15, 0.2) is 11.6 Å². The highest BCUT2D eigenvalue weighted by Crippen LogP contribution is 2.42. The number of benzene rings is 4. The largest absolute Gasteiger partial charge is 0.455 e. The Bertz CT molecular complexity index is 2080. The third-order valence-electron chi connectivity index (χ3n) is 7.32. The molecule has 0 aliphatic heterocycles. The molecule has 5 rings (SSSR count). The van der Waals surface area contributed by atoms with Crippen LogP contribution in [0.25, 0.3) is 33.4 Å². The highest BCUT2D eigenvalue weighted by atomic mass is 32.2. The lowest BCUT2D eigenvalue weighted by Gasteiger charge is -2.24. The van der Waals surface area contributed by atoms with Gasteiger partial charge >= 0.3 is 0 Å². The Kier molecular flexibility index (Phi) is 9.13. The summed E-state index contributed by atoms with van der Waals surface area (Å²) < 4.78 is 53.3. The van der Waals surface area contributed by atoms with Crippen molar-refractivity contribution in [2.24, 2.45) is 0 Å². The summed E-state index contributed by atoms with van der Waals surface area (Å²) in [5.74, 6) is -0.502. The molecule has 9 nitrogen and oxygen atoms in total. The van der Waals surface area contributed by atoms with Crippen LogP contribution in [-0.2, 0) is 10.0 Å². The van der Waals surface area contributed by atoms with Gasteiger partial charge in [-0.15, -0.1) is 0 Å². The summed E-state index contributed by atoms with van der Waals surface area (Å²) >= 11 is 0. The molecule has 1 aromatic heterocycles. The number of halogens is 1. The first-order chi connectivity index (χ1) is 22.2. The molecule has 244 valence electrons. The molecule has 5 aromatic rings. The first-order valence-electron chi connectivity index (χ1n) is 15.0. The number of hydrogen-bond acceptors (Lipinski definition) is 6. The fraction of sp³-hybridized carbons (Fsp3) is 0.222. The van der Waals surface area contributed by atoms with Gasteiger partial charge in [-0.25, -0.2) is 12.8 Å². The van der Waals surface area contributed by atoms with Gasteiger partial charge in [0, 0.05) is 47.3 Å². The number of hydrogen-bond donors (Lipinski definition) is 2. The lowest BCUT2D eigenvalue weighted by molar-refractivity contribution is 0.0918. The van der Waals surface area contributed by atoms with Gasteiger partial charge in [-0.1, -0.05) is 24.3 Å². The Morgan fingerprint density at radius 3 is 2.23 bits per heavy atom. The minimum Gasteiger partial charge on any atom is -0.455 e. The van der Waals surface area contributed by atoms with E-state index in [4.69, 9.17) is 9.15 Å². The van der Waals surface area contributed by atoms with E-state index in [-0.39, 0.29) is 35.1 Å². The SMILES string of the molecule is CCN(c1cc2oc(-c3ccc(Oc4ccccc4F)cc3)c(C(=O)NC)c2cc1-c1cccc(C(=O)NC(C)(C)C)c1)S(C)(=O)=O. The number of fused-ring (bicyclic) bond motifs is 1. The number of anilines is 1. The molecule has 0 atom stereocenters. The summed E-state index contributed by atoms with van der Waals surface area (Å²) in [6, 6.07) is 22.9. The number of sulfonamides is 1. The molecule has 47 heavy (non-hydrogen) atoms. The third kappa shape index (κ3) is 7.15. The predicted octanol–water partition coefficient (Wildman–Crippen LogP) is 7.37. The highest BCUT2D eigenvalue weighted by Gasteiger charge is 2.27. The molecule has 1 heterocycles. The highest BCUT2D eigenvalue weighted by molar-refractivity contribution is 7.92. The van der Waals surface area contributed by atoms with Gasteiger partial charge in [-0.3, -0.25) is 13.9 Å². The van der Waals surface area contributed by atoms with Crippen LogP contribution in [0, 0.1) is 5.82 Å². The Labute approximate surface area is 273 Å². The van der Waals surface area contributed by atoms with Crippen LogP contribution in [0.5, 0.6) is 11.5 Å². The quantitative estimate of drug-likeness (QED) is 0.171. The van der Waals surface area contributed by atoms with Crippen molar-refractivity contribution < 1.29 is 31.6 Å². The van der Waals surface area contributed by atoms with Crippen LogP contribution >= 0.6 is 0 Å². The minimum absolute atomic E-state index is 0.0707. The van der Waals surface area contributed by atoms with Crippen LogP contribution in [0.2, 0.25) is 0 Å². The van der Waals surface area contributed by atoms with Crippen molar-refractivity contribution in [3.63, 3.8) is 0 Å². The summed E-state index contributed by atoms with van der Waals surface area (Å²) in [5, 5.41) is 6.07. The van der Waals surface area contributed by atoms with E-state index in [0.717, 1.165) is 6.26 Å². The standard InChI is InChI=1S/C36H36FN3O6S/c1-7-40(47(6,43)44)29-21-31-27(20-26(29)23-11-10-12-24(19-23)34(41)39-36(2,3)4)32(35(42)38-5)33(46-31)22-15-17-25(18-16-22)45-30-14-9-8-13-28(30)37/h8-21H,7H2,1-6H3,(H,38,42)(H,39,41). The van der Waals surface area contributed by atoms with Gasteiger partial charge < -0.3 is 19.8 Å². The Balaban J connectivity index is 1.69. The topological polar surface area (TPSA) is 118 Å². The van der Waals surface area contributed by atoms with E-state index >= 15 is 0 Å². The third-order valence-corrected chi connectivity index (χ3v) is 8.58. The van der Waals surface area contributed by atoms with E-state index < -0.39 is 27.3 Å². The van der Waals surface area contributed by atoms with Gasteiger partial charge in [0.2, 0.25) is 10.0 Å². The molecule has 0 radical (unpaired) electrons. The van der Waals surface area contributed by atoms with Crippen LogP contribution in [0.1, 0.15) is 48.4 Å². The molecule has 0 saturated carbocycles. The van der Waals surface area contributed by atoms with E-state index in [1.54, 1.807) is 79.7 Å². The molecular formula is C36H36FN3O6S. The molecule has 11 heteroatoms. The van der Waals surface area contributed by atoms with Crippen LogP contribution in [0.15, 0.2) is 89.3 Å². The van der Waals surface area contributed by atoms with E-state index in [2.05, 4.69) is 10.6 Å². The maximum absolute atomic E-state index is 14.1. The number of nitrogens with one attached hydrogen (secondary N) is 2. The Hall–Kier alpha value is -5.16. The van der Waals surface area contributed by atoms with Crippen molar-refractivity contribution in [2.75, 3.05) is 24.2 Å². The second-order valence-corrected chi connectivity index (χ2v) is 13.9. The van der Waals surface area contributed by atoms with Crippen molar-refractivity contribution in [3.05, 3.63) is 102 Å². The van der Waals surface area contributed by atoms with Crippen molar-refractivity contribution in [1.82, 2.24) is 10.6 Å². The molecule has 4 aromatic carbocycles. The van der Waals surface area contributed by atoms with Gasteiger partial charge in [0.1, 0.15) is 17.1 Å². The van der Waals surface area contributed by atoms with Crippen molar-refractivity contribution >= 4 is 38.5 Å². The zero-order valence-corrected chi connectivity index (χ0v) is 27.8. The summed E-state index contributed by atoms with van der Waals surface area (Å²) in [5.41, 5.74) is 2.38. The van der Waals surface area contributed by atoms with Crippen LogP contribution in [-0.4, -0.2) is 45.6 Å². The molecule has 0 fully saturated rings. The minimum atomic E-state index is -3.74. The number of ether oxygens (including phenoxy) is 1. The Morgan fingerprint density at radius 2 is 1.62 bits per heavy atom. The van der Waals surface area contributed by atoms with Crippen molar-refractivity contribution in [2.45, 2.75) is 33.2 Å². The number of furan rings is 1. The molecule has 2 amide bonds. The average Bonchev–Trinajstić information content (AvgIpc) is 3.39. The molecule has 0 aliphatic rings. The number of amides is 2. The van der Waals surface area contributed by atoms with Gasteiger partial charge in [0.25, 0.3) is 11.8 Å². The molecule has 0 spiro atoms. The molecule has 0 unspecified atom stereocenters. The van der Waals surface area contributed by atoms with E-state index in [1.165, 1.54) is 23.5 Å².